The Kier molecular flexibility index (Phi) is 6.45. The van der Waals surface area contributed by atoms with Crippen molar-refractivity contribution in [2.45, 2.75) is 13.3 Å². The number of fused-ring (bicyclic) bond motifs is 1. The third-order valence-electron chi connectivity index (χ3n) is 5.32. The van der Waals surface area contributed by atoms with Crippen LogP contribution in [0.1, 0.15) is 13.3 Å². The Labute approximate surface area is 181 Å². The second-order valence-corrected chi connectivity index (χ2v) is 7.68. The van der Waals surface area contributed by atoms with Crippen molar-refractivity contribution in [3.8, 4) is 11.1 Å². The van der Waals surface area contributed by atoms with Gasteiger partial charge in [-0.2, -0.15) is 0 Å². The summed E-state index contributed by atoms with van der Waals surface area (Å²) in [6.45, 7) is 6.40. The number of anilines is 1. The molecule has 7 heteroatoms. The molecule has 0 bridgehead atoms. The van der Waals surface area contributed by atoms with E-state index < -0.39 is 0 Å². The van der Waals surface area contributed by atoms with Gasteiger partial charge in [0, 0.05) is 43.7 Å². The molecule has 0 amide bonds. The molecule has 0 radical (unpaired) electrons. The summed E-state index contributed by atoms with van der Waals surface area (Å²) in [4.78, 5) is 25.5. The zero-order valence-corrected chi connectivity index (χ0v) is 17.8. The maximum atomic E-state index is 11.6. The summed E-state index contributed by atoms with van der Waals surface area (Å²) >= 11 is 6.11. The van der Waals surface area contributed by atoms with Crippen molar-refractivity contribution >= 4 is 34.4 Å². The number of piperazine rings is 1. The van der Waals surface area contributed by atoms with Crippen molar-refractivity contribution in [3.63, 3.8) is 0 Å². The number of ether oxygens (including phenoxy) is 1. The third-order valence-corrected chi connectivity index (χ3v) is 5.53. The quantitative estimate of drug-likeness (QED) is 0.440. The van der Waals surface area contributed by atoms with Crippen LogP contribution in [0.4, 0.5) is 5.82 Å². The highest BCUT2D eigenvalue weighted by Crippen LogP contribution is 2.33. The zero-order valence-electron chi connectivity index (χ0n) is 17.1. The van der Waals surface area contributed by atoms with Crippen LogP contribution >= 0.6 is 11.6 Å². The summed E-state index contributed by atoms with van der Waals surface area (Å²) in [5.74, 6) is 0.791. The number of carbonyl (C=O) groups excluding carboxylic acids is 1. The number of rotatable bonds is 6. The van der Waals surface area contributed by atoms with Gasteiger partial charge in [0.15, 0.2) is 5.65 Å². The fourth-order valence-electron chi connectivity index (χ4n) is 3.76. The van der Waals surface area contributed by atoms with Crippen LogP contribution in [-0.4, -0.2) is 60.2 Å². The normalized spacial score (nSPS) is 14.8. The Morgan fingerprint density at radius 2 is 1.83 bits per heavy atom. The first-order chi connectivity index (χ1) is 14.6. The molecule has 0 atom stereocenters. The van der Waals surface area contributed by atoms with Crippen LogP contribution < -0.4 is 4.90 Å². The summed E-state index contributed by atoms with van der Waals surface area (Å²) in [7, 11) is 0. The van der Waals surface area contributed by atoms with Gasteiger partial charge in [-0.05, 0) is 30.7 Å². The lowest BCUT2D eigenvalue weighted by atomic mass is 10.0. The van der Waals surface area contributed by atoms with E-state index in [-0.39, 0.29) is 5.97 Å². The number of hydrogen-bond donors (Lipinski definition) is 0. The Bertz CT molecular complexity index is 1020. The molecule has 1 fully saturated rings. The van der Waals surface area contributed by atoms with E-state index in [2.05, 4.69) is 33.0 Å². The number of nitrogens with zero attached hydrogens (tertiary/aromatic N) is 4. The van der Waals surface area contributed by atoms with Crippen LogP contribution in [0.25, 0.3) is 22.2 Å². The summed E-state index contributed by atoms with van der Waals surface area (Å²) < 4.78 is 5.03. The summed E-state index contributed by atoms with van der Waals surface area (Å²) in [5, 5.41) is 1.41. The van der Waals surface area contributed by atoms with Crippen LogP contribution in [0.3, 0.4) is 0 Å². The minimum atomic E-state index is -0.134. The minimum absolute atomic E-state index is 0.134. The van der Waals surface area contributed by atoms with Crippen LogP contribution in [0.5, 0.6) is 0 Å². The lowest BCUT2D eigenvalue weighted by molar-refractivity contribution is -0.143. The molecule has 0 spiro atoms. The fourth-order valence-corrected chi connectivity index (χ4v) is 3.90. The average molecular weight is 425 g/mol. The van der Waals surface area contributed by atoms with Crippen LogP contribution in [-0.2, 0) is 9.53 Å². The molecule has 1 aliphatic heterocycles. The van der Waals surface area contributed by atoms with Gasteiger partial charge in [-0.15, -0.1) is 0 Å². The Balaban J connectivity index is 1.57. The molecular weight excluding hydrogens is 400 g/mol. The lowest BCUT2D eigenvalue weighted by Gasteiger charge is -2.36. The average Bonchev–Trinajstić information content (AvgIpc) is 2.78. The number of pyridine rings is 2. The van der Waals surface area contributed by atoms with Gasteiger partial charge in [-0.25, -0.2) is 9.97 Å². The van der Waals surface area contributed by atoms with Gasteiger partial charge < -0.3 is 9.64 Å². The van der Waals surface area contributed by atoms with Crippen molar-refractivity contribution in [2.24, 2.45) is 0 Å². The standard InChI is InChI=1S/C23H25ClN4O2/c1-2-30-21(29)10-11-27-12-14-28(15-13-27)23-19(17-6-4-3-5-7-17)16-18-8-9-20(24)25-22(18)26-23/h3-9,16H,2,10-15H2,1H3. The molecular formula is C23H25ClN4O2. The summed E-state index contributed by atoms with van der Waals surface area (Å²) in [6, 6.07) is 16.2. The van der Waals surface area contributed by atoms with Crippen molar-refractivity contribution in [1.82, 2.24) is 14.9 Å². The topological polar surface area (TPSA) is 58.6 Å². The SMILES string of the molecule is CCOC(=O)CCN1CCN(c2nc3nc(Cl)ccc3cc2-c2ccccc2)CC1. The van der Waals surface area contributed by atoms with Crippen molar-refractivity contribution in [3.05, 3.63) is 53.7 Å². The number of carbonyl (C=O) groups is 1. The van der Waals surface area contributed by atoms with Gasteiger partial charge >= 0.3 is 5.97 Å². The monoisotopic (exact) mass is 424 g/mol. The first-order valence-corrected chi connectivity index (χ1v) is 10.7. The molecule has 0 unspecified atom stereocenters. The Hall–Kier alpha value is -2.70. The van der Waals surface area contributed by atoms with Crippen LogP contribution in [0.15, 0.2) is 48.5 Å². The molecule has 0 aliphatic carbocycles. The maximum absolute atomic E-state index is 11.6. The lowest BCUT2D eigenvalue weighted by Crippen LogP contribution is -2.47. The van der Waals surface area contributed by atoms with Crippen molar-refractivity contribution in [2.75, 3.05) is 44.2 Å². The molecule has 1 aliphatic rings. The number of benzene rings is 1. The molecule has 4 rings (SSSR count). The highest BCUT2D eigenvalue weighted by molar-refractivity contribution is 6.29. The Morgan fingerprint density at radius 1 is 1.07 bits per heavy atom. The minimum Gasteiger partial charge on any atom is -0.466 e. The number of halogens is 1. The molecule has 2 aromatic heterocycles. The van der Waals surface area contributed by atoms with Gasteiger partial charge in [-0.3, -0.25) is 9.69 Å². The van der Waals surface area contributed by atoms with Gasteiger partial charge in [0.25, 0.3) is 0 Å². The summed E-state index contributed by atoms with van der Waals surface area (Å²) in [5.41, 5.74) is 2.87. The number of esters is 1. The molecule has 0 N–H and O–H groups in total. The first-order valence-electron chi connectivity index (χ1n) is 10.3. The van der Waals surface area contributed by atoms with E-state index in [1.807, 2.05) is 31.2 Å². The molecule has 156 valence electrons. The number of hydrogen-bond acceptors (Lipinski definition) is 6. The molecule has 30 heavy (non-hydrogen) atoms. The van der Waals surface area contributed by atoms with Gasteiger partial charge in [0.2, 0.25) is 0 Å². The molecule has 3 heterocycles. The first kappa shape index (κ1) is 20.6. The van der Waals surface area contributed by atoms with E-state index in [1.54, 1.807) is 6.07 Å². The third kappa shape index (κ3) is 4.71. The predicted octanol–water partition coefficient (Wildman–Crippen LogP) is 4.03. The molecule has 6 nitrogen and oxygen atoms in total. The predicted molar refractivity (Wildman–Crippen MR) is 120 cm³/mol. The fraction of sp³-hybridized carbons (Fsp3) is 0.348. The van der Waals surface area contributed by atoms with E-state index in [9.17, 15) is 4.79 Å². The zero-order chi connectivity index (χ0) is 20.9. The van der Waals surface area contributed by atoms with Crippen molar-refractivity contribution < 1.29 is 9.53 Å². The molecule has 1 aromatic carbocycles. The summed E-state index contributed by atoms with van der Waals surface area (Å²) in [6.07, 6.45) is 0.430. The van der Waals surface area contributed by atoms with E-state index in [4.69, 9.17) is 21.3 Å². The second-order valence-electron chi connectivity index (χ2n) is 7.29. The van der Waals surface area contributed by atoms with Gasteiger partial charge in [0.05, 0.1) is 13.0 Å². The molecule has 0 saturated carbocycles. The highest BCUT2D eigenvalue weighted by Gasteiger charge is 2.22. The van der Waals surface area contributed by atoms with Crippen LogP contribution in [0.2, 0.25) is 5.15 Å². The second kappa shape index (κ2) is 9.41. The maximum Gasteiger partial charge on any atom is 0.307 e. The van der Waals surface area contributed by atoms with E-state index in [1.165, 1.54) is 0 Å². The Morgan fingerprint density at radius 3 is 2.57 bits per heavy atom. The molecule has 1 saturated heterocycles. The van der Waals surface area contributed by atoms with Crippen LogP contribution in [0, 0.1) is 0 Å². The van der Waals surface area contributed by atoms with Gasteiger partial charge in [0.1, 0.15) is 11.0 Å². The molecule has 3 aromatic rings. The van der Waals surface area contributed by atoms with E-state index in [0.29, 0.717) is 23.8 Å². The van der Waals surface area contributed by atoms with E-state index >= 15 is 0 Å². The van der Waals surface area contributed by atoms with Crippen molar-refractivity contribution in [1.29, 1.82) is 0 Å². The number of aromatic nitrogens is 2. The van der Waals surface area contributed by atoms with Gasteiger partial charge in [-0.1, -0.05) is 41.9 Å². The largest absolute Gasteiger partial charge is 0.466 e. The smallest absolute Gasteiger partial charge is 0.307 e. The highest BCUT2D eigenvalue weighted by atomic mass is 35.5. The van der Waals surface area contributed by atoms with E-state index in [0.717, 1.165) is 55.1 Å².